The Kier molecular flexibility index (Phi) is 9.63. The van der Waals surface area contributed by atoms with E-state index < -0.39 is 0 Å². The summed E-state index contributed by atoms with van der Waals surface area (Å²) in [6.45, 7) is 0. The van der Waals surface area contributed by atoms with Gasteiger partial charge in [-0.05, 0) is 115 Å². The number of nitrogens with zero attached hydrogens (tertiary/aromatic N) is 1. The second-order valence-corrected chi connectivity index (χ2v) is 19.3. The summed E-state index contributed by atoms with van der Waals surface area (Å²) in [4.78, 5) is 2.53. The number of hydrogen-bond acceptors (Lipinski definition) is 3. The first-order valence-electron chi connectivity index (χ1n) is 22.8. The van der Waals surface area contributed by atoms with Gasteiger partial charge in [0.15, 0.2) is 0 Å². The molecule has 0 unspecified atom stereocenters. The van der Waals surface area contributed by atoms with E-state index in [1.54, 1.807) is 0 Å². The van der Waals surface area contributed by atoms with Crippen LogP contribution in [0.5, 0.6) is 0 Å². The fourth-order valence-electron chi connectivity index (χ4n) is 10.0. The zero-order valence-electron chi connectivity index (χ0n) is 36.4. The predicted octanol–water partition coefficient (Wildman–Crippen LogP) is 19.4. The lowest BCUT2D eigenvalue weighted by molar-refractivity contribution is 1.32. The minimum Gasteiger partial charge on any atom is -0.309 e. The molecule has 13 aromatic rings. The Morgan fingerprint density at radius 2 is 0.776 bits per heavy atom. The van der Waals surface area contributed by atoms with Gasteiger partial charge in [0, 0.05) is 46.0 Å². The van der Waals surface area contributed by atoms with Crippen LogP contribution < -0.4 is 4.90 Å². The second-order valence-electron chi connectivity index (χ2n) is 17.2. The summed E-state index contributed by atoms with van der Waals surface area (Å²) < 4.78 is 5.11. The number of anilines is 3. The summed E-state index contributed by atoms with van der Waals surface area (Å²) in [6, 6.07) is 91.4. The molecule has 0 bridgehead atoms. The van der Waals surface area contributed by atoms with Crippen molar-refractivity contribution in [2.24, 2.45) is 0 Å². The maximum Gasteiger partial charge on any atom is 0.0555 e. The molecule has 13 rings (SSSR count). The number of rotatable bonds is 8. The van der Waals surface area contributed by atoms with Crippen molar-refractivity contribution < 1.29 is 0 Å². The van der Waals surface area contributed by atoms with Crippen molar-refractivity contribution >= 4 is 90.9 Å². The first-order chi connectivity index (χ1) is 33.2. The normalized spacial score (nSPS) is 11.6. The largest absolute Gasteiger partial charge is 0.309 e. The molecule has 67 heavy (non-hydrogen) atoms. The highest BCUT2D eigenvalue weighted by Crippen LogP contribution is 2.52. The molecule has 0 aliphatic carbocycles. The summed E-state index contributed by atoms with van der Waals surface area (Å²) in [5, 5.41) is 7.54. The highest BCUT2D eigenvalue weighted by Gasteiger charge is 2.24. The Morgan fingerprint density at radius 3 is 1.43 bits per heavy atom. The smallest absolute Gasteiger partial charge is 0.0555 e. The first-order valence-corrected chi connectivity index (χ1v) is 24.4. The van der Waals surface area contributed by atoms with Crippen LogP contribution in [0.25, 0.3) is 107 Å². The molecule has 11 aromatic carbocycles. The molecular weight excluding hydrogens is 847 g/mol. The molecule has 0 saturated carbocycles. The van der Waals surface area contributed by atoms with Crippen LogP contribution >= 0.6 is 22.7 Å². The van der Waals surface area contributed by atoms with E-state index in [4.69, 9.17) is 0 Å². The number of hydrogen-bond donors (Lipinski definition) is 0. The van der Waals surface area contributed by atoms with Gasteiger partial charge in [-0.2, -0.15) is 0 Å². The van der Waals surface area contributed by atoms with Crippen LogP contribution in [0.1, 0.15) is 0 Å². The van der Waals surface area contributed by atoms with Crippen LogP contribution in [0.15, 0.2) is 249 Å². The van der Waals surface area contributed by atoms with E-state index in [1.807, 2.05) is 22.7 Å². The molecule has 0 aliphatic rings. The van der Waals surface area contributed by atoms with E-state index in [0.717, 1.165) is 17.1 Å². The van der Waals surface area contributed by atoms with E-state index in [-0.39, 0.29) is 0 Å². The zero-order valence-corrected chi connectivity index (χ0v) is 38.1. The second kappa shape index (κ2) is 16.4. The average molecular weight is 888 g/mol. The lowest BCUT2D eigenvalue weighted by atomic mass is 9.94. The van der Waals surface area contributed by atoms with Crippen molar-refractivity contribution in [2.45, 2.75) is 0 Å². The standard InChI is InChI=1S/C64H41NS2/c1-5-15-42(16-6-1)49-31-35-54-60(40-49)66-59-26-14-25-57(62(54)59)65(51-33-29-44(30-34-51)48-28-27-47-23-13-24-52(56(47)39-48)45-19-9-3-10-20-45)58-38-37-53(46-21-11-4-12-22-46)64-63(58)55-36-32-50(41-61(55)67-64)43-17-7-2-8-18-43/h1-41H. The minimum atomic E-state index is 1.11. The van der Waals surface area contributed by atoms with Gasteiger partial charge in [-0.25, -0.2) is 0 Å². The third kappa shape index (κ3) is 6.91. The van der Waals surface area contributed by atoms with Gasteiger partial charge in [-0.15, -0.1) is 22.7 Å². The third-order valence-corrected chi connectivity index (χ3v) is 15.6. The van der Waals surface area contributed by atoms with E-state index in [1.165, 1.54) is 107 Å². The molecule has 1 nitrogen and oxygen atoms in total. The lowest BCUT2D eigenvalue weighted by Crippen LogP contribution is -2.11. The molecule has 0 spiro atoms. The van der Waals surface area contributed by atoms with E-state index in [9.17, 15) is 0 Å². The topological polar surface area (TPSA) is 3.24 Å². The van der Waals surface area contributed by atoms with Crippen molar-refractivity contribution in [1.82, 2.24) is 0 Å². The van der Waals surface area contributed by atoms with Gasteiger partial charge >= 0.3 is 0 Å². The van der Waals surface area contributed by atoms with Crippen molar-refractivity contribution in [3.8, 4) is 55.6 Å². The highest BCUT2D eigenvalue weighted by atomic mass is 32.1. The maximum atomic E-state index is 2.53. The molecular formula is C64H41NS2. The van der Waals surface area contributed by atoms with Crippen molar-refractivity contribution in [1.29, 1.82) is 0 Å². The Balaban J connectivity index is 1.04. The van der Waals surface area contributed by atoms with Gasteiger partial charge < -0.3 is 4.90 Å². The van der Waals surface area contributed by atoms with Gasteiger partial charge in [0.05, 0.1) is 11.4 Å². The Bertz CT molecular complexity index is 3950. The molecule has 0 fully saturated rings. The number of fused-ring (bicyclic) bond motifs is 7. The van der Waals surface area contributed by atoms with Crippen molar-refractivity contribution in [2.75, 3.05) is 4.90 Å². The molecule has 0 amide bonds. The molecule has 0 radical (unpaired) electrons. The van der Waals surface area contributed by atoms with Crippen LogP contribution in [0.4, 0.5) is 17.1 Å². The predicted molar refractivity (Wildman–Crippen MR) is 292 cm³/mol. The molecule has 0 aliphatic heterocycles. The molecule has 2 aromatic heterocycles. The third-order valence-electron chi connectivity index (χ3n) is 13.3. The quantitative estimate of drug-likeness (QED) is 0.147. The number of thiophene rings is 2. The van der Waals surface area contributed by atoms with Crippen molar-refractivity contribution in [3.05, 3.63) is 249 Å². The first kappa shape index (κ1) is 39.3. The zero-order chi connectivity index (χ0) is 44.3. The SMILES string of the molecule is c1ccc(-c2ccc3c(c2)sc2cccc(N(c4ccc(-c5ccc6cccc(-c7ccccc7)c6c5)cc4)c4ccc(-c5ccccc5)c5sc6cc(-c7ccccc7)ccc6c45)c23)cc1. The molecule has 0 atom stereocenters. The summed E-state index contributed by atoms with van der Waals surface area (Å²) in [5.41, 5.74) is 15.7. The van der Waals surface area contributed by atoms with Crippen LogP contribution in [-0.2, 0) is 0 Å². The van der Waals surface area contributed by atoms with Gasteiger partial charge in [0.25, 0.3) is 0 Å². The van der Waals surface area contributed by atoms with Crippen molar-refractivity contribution in [3.63, 3.8) is 0 Å². The fourth-order valence-corrected chi connectivity index (χ4v) is 12.5. The molecule has 314 valence electrons. The summed E-state index contributed by atoms with van der Waals surface area (Å²) >= 11 is 3.77. The Morgan fingerprint density at radius 1 is 0.269 bits per heavy atom. The van der Waals surface area contributed by atoms with Gasteiger partial charge in [-0.1, -0.05) is 200 Å². The average Bonchev–Trinajstić information content (AvgIpc) is 3.98. The fraction of sp³-hybridized carbons (Fsp3) is 0. The Hall–Kier alpha value is -8.08. The minimum absolute atomic E-state index is 1.11. The van der Waals surface area contributed by atoms with Crippen LogP contribution in [0.2, 0.25) is 0 Å². The highest BCUT2D eigenvalue weighted by molar-refractivity contribution is 7.26. The lowest BCUT2D eigenvalue weighted by Gasteiger charge is -2.28. The van der Waals surface area contributed by atoms with E-state index >= 15 is 0 Å². The van der Waals surface area contributed by atoms with Crippen LogP contribution in [0, 0.1) is 0 Å². The monoisotopic (exact) mass is 887 g/mol. The molecule has 2 heterocycles. The van der Waals surface area contributed by atoms with Crippen LogP contribution in [-0.4, -0.2) is 0 Å². The number of benzene rings is 11. The molecule has 3 heteroatoms. The molecule has 0 N–H and O–H groups in total. The van der Waals surface area contributed by atoms with Gasteiger partial charge in [0.1, 0.15) is 0 Å². The summed E-state index contributed by atoms with van der Waals surface area (Å²) in [7, 11) is 0. The summed E-state index contributed by atoms with van der Waals surface area (Å²) in [6.07, 6.45) is 0. The van der Waals surface area contributed by atoms with E-state index in [0.29, 0.717) is 0 Å². The van der Waals surface area contributed by atoms with Gasteiger partial charge in [-0.3, -0.25) is 0 Å². The van der Waals surface area contributed by atoms with Crippen LogP contribution in [0.3, 0.4) is 0 Å². The molecule has 0 saturated heterocycles. The summed E-state index contributed by atoms with van der Waals surface area (Å²) in [5.74, 6) is 0. The maximum absolute atomic E-state index is 2.53. The van der Waals surface area contributed by atoms with E-state index in [2.05, 4.69) is 254 Å². The Labute approximate surface area is 397 Å². The van der Waals surface area contributed by atoms with Gasteiger partial charge in [0.2, 0.25) is 0 Å².